The molecule has 0 unspecified atom stereocenters. The number of hydrogen-bond acceptors (Lipinski definition) is 4. The summed E-state index contributed by atoms with van der Waals surface area (Å²) in [6.07, 6.45) is 1.33. The van der Waals surface area contributed by atoms with Crippen molar-refractivity contribution in [2.45, 2.75) is 39.7 Å². The number of carbonyl (C=O) groups excluding carboxylic acids is 3. The Morgan fingerprint density at radius 2 is 1.77 bits per heavy atom. The molecule has 1 aliphatic heterocycles. The van der Waals surface area contributed by atoms with Crippen molar-refractivity contribution in [3.63, 3.8) is 0 Å². The van der Waals surface area contributed by atoms with E-state index in [0.29, 0.717) is 25.9 Å². The Labute approximate surface area is 154 Å². The van der Waals surface area contributed by atoms with E-state index in [9.17, 15) is 14.4 Å². The first kappa shape index (κ1) is 19.9. The SMILES string of the molecule is Cc1cccc(C)c1NC(=O)CNC(=O)[C@@H](C)N1CCC(C(N)=O)CC1. The van der Waals surface area contributed by atoms with E-state index < -0.39 is 0 Å². The van der Waals surface area contributed by atoms with E-state index in [1.807, 2.05) is 43.9 Å². The van der Waals surface area contributed by atoms with Gasteiger partial charge in [0.15, 0.2) is 0 Å². The van der Waals surface area contributed by atoms with Crippen LogP contribution in [0.3, 0.4) is 0 Å². The third-order valence-electron chi connectivity index (χ3n) is 5.03. The van der Waals surface area contributed by atoms with E-state index in [0.717, 1.165) is 16.8 Å². The first-order chi connectivity index (χ1) is 12.3. The molecule has 4 N–H and O–H groups in total. The van der Waals surface area contributed by atoms with Crippen molar-refractivity contribution >= 4 is 23.4 Å². The predicted molar refractivity (Wildman–Crippen MR) is 101 cm³/mol. The second kappa shape index (κ2) is 8.80. The van der Waals surface area contributed by atoms with Crippen molar-refractivity contribution in [1.82, 2.24) is 10.2 Å². The van der Waals surface area contributed by atoms with Crippen LogP contribution in [0.25, 0.3) is 0 Å². The zero-order valence-electron chi connectivity index (χ0n) is 15.7. The fraction of sp³-hybridized carbons (Fsp3) is 0.526. The first-order valence-electron chi connectivity index (χ1n) is 8.96. The Morgan fingerprint density at radius 1 is 1.19 bits per heavy atom. The number of nitrogens with one attached hydrogen (secondary N) is 2. The van der Waals surface area contributed by atoms with Gasteiger partial charge in [0.1, 0.15) is 0 Å². The van der Waals surface area contributed by atoms with Crippen molar-refractivity contribution < 1.29 is 14.4 Å². The molecule has 142 valence electrons. The molecule has 1 saturated heterocycles. The van der Waals surface area contributed by atoms with Gasteiger partial charge in [-0.15, -0.1) is 0 Å². The van der Waals surface area contributed by atoms with Crippen LogP contribution >= 0.6 is 0 Å². The van der Waals surface area contributed by atoms with Gasteiger partial charge in [-0.25, -0.2) is 0 Å². The molecule has 0 spiro atoms. The van der Waals surface area contributed by atoms with Crippen LogP contribution in [0.15, 0.2) is 18.2 Å². The second-order valence-electron chi connectivity index (χ2n) is 6.92. The molecule has 1 atom stereocenters. The number of benzene rings is 1. The van der Waals surface area contributed by atoms with E-state index in [-0.39, 0.29) is 36.2 Å². The second-order valence-corrected chi connectivity index (χ2v) is 6.92. The molecular weight excluding hydrogens is 332 g/mol. The Balaban J connectivity index is 1.80. The first-order valence-corrected chi connectivity index (χ1v) is 8.96. The summed E-state index contributed by atoms with van der Waals surface area (Å²) in [7, 11) is 0. The van der Waals surface area contributed by atoms with Gasteiger partial charge in [-0.05, 0) is 57.8 Å². The van der Waals surface area contributed by atoms with Crippen LogP contribution < -0.4 is 16.4 Å². The van der Waals surface area contributed by atoms with Crippen LogP contribution in [-0.2, 0) is 14.4 Å². The average molecular weight is 360 g/mol. The minimum Gasteiger partial charge on any atom is -0.369 e. The molecule has 1 heterocycles. The Bertz CT molecular complexity index is 661. The summed E-state index contributed by atoms with van der Waals surface area (Å²) >= 11 is 0. The van der Waals surface area contributed by atoms with Crippen molar-refractivity contribution in [2.24, 2.45) is 11.7 Å². The van der Waals surface area contributed by atoms with Gasteiger partial charge in [-0.3, -0.25) is 19.3 Å². The summed E-state index contributed by atoms with van der Waals surface area (Å²) < 4.78 is 0. The maximum Gasteiger partial charge on any atom is 0.243 e. The topological polar surface area (TPSA) is 105 Å². The zero-order valence-corrected chi connectivity index (χ0v) is 15.7. The summed E-state index contributed by atoms with van der Waals surface area (Å²) in [5.41, 5.74) is 8.08. The molecule has 3 amide bonds. The summed E-state index contributed by atoms with van der Waals surface area (Å²) in [6.45, 7) is 6.89. The van der Waals surface area contributed by atoms with E-state index in [1.54, 1.807) is 0 Å². The summed E-state index contributed by atoms with van der Waals surface area (Å²) in [5, 5.41) is 5.54. The lowest BCUT2D eigenvalue weighted by atomic mass is 9.95. The molecule has 0 bridgehead atoms. The fourth-order valence-electron chi connectivity index (χ4n) is 3.25. The normalized spacial score (nSPS) is 16.7. The highest BCUT2D eigenvalue weighted by molar-refractivity contribution is 5.96. The minimum absolute atomic E-state index is 0.0747. The van der Waals surface area contributed by atoms with E-state index in [2.05, 4.69) is 10.6 Å². The van der Waals surface area contributed by atoms with Crippen LogP contribution in [0.5, 0.6) is 0 Å². The zero-order chi connectivity index (χ0) is 19.3. The van der Waals surface area contributed by atoms with Gasteiger partial charge in [0.25, 0.3) is 0 Å². The largest absolute Gasteiger partial charge is 0.369 e. The van der Waals surface area contributed by atoms with Crippen LogP contribution in [0.2, 0.25) is 0 Å². The molecular formula is C19H28N4O3. The van der Waals surface area contributed by atoms with Crippen molar-refractivity contribution in [2.75, 3.05) is 25.0 Å². The molecule has 0 radical (unpaired) electrons. The third-order valence-corrected chi connectivity index (χ3v) is 5.03. The number of likely N-dealkylation sites (tertiary alicyclic amines) is 1. The maximum atomic E-state index is 12.3. The number of aryl methyl sites for hydroxylation is 2. The molecule has 26 heavy (non-hydrogen) atoms. The van der Waals surface area contributed by atoms with Crippen LogP contribution in [-0.4, -0.2) is 48.3 Å². The van der Waals surface area contributed by atoms with Gasteiger partial charge >= 0.3 is 0 Å². The summed E-state index contributed by atoms with van der Waals surface area (Å²) in [6, 6.07) is 5.44. The number of carbonyl (C=O) groups is 3. The molecule has 1 aromatic rings. The molecule has 0 aliphatic carbocycles. The number of anilines is 1. The molecule has 1 fully saturated rings. The van der Waals surface area contributed by atoms with Crippen LogP contribution in [0, 0.1) is 19.8 Å². The van der Waals surface area contributed by atoms with Crippen LogP contribution in [0.4, 0.5) is 5.69 Å². The van der Waals surface area contributed by atoms with E-state index in [1.165, 1.54) is 0 Å². The van der Waals surface area contributed by atoms with Gasteiger partial charge < -0.3 is 16.4 Å². The number of para-hydroxylation sites is 1. The average Bonchev–Trinajstić information content (AvgIpc) is 2.62. The smallest absolute Gasteiger partial charge is 0.243 e. The molecule has 0 aromatic heterocycles. The lowest BCUT2D eigenvalue weighted by Crippen LogP contribution is -2.50. The number of hydrogen-bond donors (Lipinski definition) is 3. The third kappa shape index (κ3) is 5.05. The minimum atomic E-state index is -0.350. The molecule has 7 heteroatoms. The van der Waals surface area contributed by atoms with Gasteiger partial charge in [-0.2, -0.15) is 0 Å². The highest BCUT2D eigenvalue weighted by Gasteiger charge is 2.28. The quantitative estimate of drug-likeness (QED) is 0.702. The number of nitrogens with two attached hydrogens (primary N) is 1. The number of amides is 3. The molecule has 2 rings (SSSR count). The molecule has 1 aromatic carbocycles. The van der Waals surface area contributed by atoms with Crippen molar-refractivity contribution in [3.05, 3.63) is 29.3 Å². The monoisotopic (exact) mass is 360 g/mol. The van der Waals surface area contributed by atoms with E-state index in [4.69, 9.17) is 5.73 Å². The highest BCUT2D eigenvalue weighted by Crippen LogP contribution is 2.20. The Hall–Kier alpha value is -2.41. The Kier molecular flexibility index (Phi) is 6.74. The molecule has 0 saturated carbocycles. The predicted octanol–water partition coefficient (Wildman–Crippen LogP) is 0.944. The van der Waals surface area contributed by atoms with Gasteiger partial charge in [-0.1, -0.05) is 18.2 Å². The van der Waals surface area contributed by atoms with Gasteiger partial charge in [0, 0.05) is 11.6 Å². The number of piperidine rings is 1. The fourth-order valence-corrected chi connectivity index (χ4v) is 3.25. The number of primary amides is 1. The van der Waals surface area contributed by atoms with E-state index >= 15 is 0 Å². The van der Waals surface area contributed by atoms with Crippen molar-refractivity contribution in [3.8, 4) is 0 Å². The Morgan fingerprint density at radius 3 is 2.31 bits per heavy atom. The number of rotatable bonds is 6. The lowest BCUT2D eigenvalue weighted by molar-refractivity contribution is -0.129. The molecule has 7 nitrogen and oxygen atoms in total. The van der Waals surface area contributed by atoms with Gasteiger partial charge in [0.2, 0.25) is 17.7 Å². The summed E-state index contributed by atoms with van der Waals surface area (Å²) in [5.74, 6) is -0.830. The number of nitrogens with zero attached hydrogens (tertiary/aromatic N) is 1. The lowest BCUT2D eigenvalue weighted by Gasteiger charge is -2.34. The van der Waals surface area contributed by atoms with Gasteiger partial charge in [0.05, 0.1) is 12.6 Å². The highest BCUT2D eigenvalue weighted by atomic mass is 16.2. The molecule has 1 aliphatic rings. The maximum absolute atomic E-state index is 12.3. The summed E-state index contributed by atoms with van der Waals surface area (Å²) in [4.78, 5) is 37.7. The van der Waals surface area contributed by atoms with Crippen LogP contribution in [0.1, 0.15) is 30.9 Å². The van der Waals surface area contributed by atoms with Crippen molar-refractivity contribution in [1.29, 1.82) is 0 Å². The standard InChI is InChI=1S/C19H28N4O3/c1-12-5-4-6-13(2)17(12)22-16(24)11-21-19(26)14(3)23-9-7-15(8-10-23)18(20)25/h4-6,14-15H,7-11H2,1-3H3,(H2,20,25)(H,21,26)(H,22,24)/t14-/m1/s1.